The maximum Gasteiger partial charge on any atom is 0.295 e. The third-order valence-corrected chi connectivity index (χ3v) is 3.60. The number of rotatable bonds is 4. The molecule has 2 rings (SSSR count). The zero-order valence-corrected chi connectivity index (χ0v) is 10.7. The molecule has 100 valence electrons. The van der Waals surface area contributed by atoms with Crippen molar-refractivity contribution in [2.24, 2.45) is 5.73 Å². The lowest BCUT2D eigenvalue weighted by atomic mass is 9.81. The van der Waals surface area contributed by atoms with E-state index in [0.29, 0.717) is 12.4 Å². The molecule has 1 saturated carbocycles. The molecule has 0 atom stereocenters. The minimum Gasteiger partial charge on any atom is -0.489 e. The second-order valence-electron chi connectivity index (χ2n) is 4.78. The zero-order valence-electron chi connectivity index (χ0n) is 10.7. The van der Waals surface area contributed by atoms with E-state index in [1.165, 1.54) is 19.9 Å². The van der Waals surface area contributed by atoms with Crippen molar-refractivity contribution in [2.75, 3.05) is 19.0 Å². The smallest absolute Gasteiger partial charge is 0.295 e. The van der Waals surface area contributed by atoms with Gasteiger partial charge in [-0.3, -0.25) is 4.79 Å². The van der Waals surface area contributed by atoms with Crippen molar-refractivity contribution < 1.29 is 4.74 Å². The van der Waals surface area contributed by atoms with Gasteiger partial charge in [-0.15, -0.1) is 0 Å². The molecule has 0 bridgehead atoms. The van der Waals surface area contributed by atoms with Crippen molar-refractivity contribution in [1.29, 1.82) is 0 Å². The fourth-order valence-corrected chi connectivity index (χ4v) is 2.53. The Balaban J connectivity index is 2.26. The van der Waals surface area contributed by atoms with E-state index in [1.54, 1.807) is 0 Å². The van der Waals surface area contributed by atoms with Crippen LogP contribution in [0.25, 0.3) is 0 Å². The number of methoxy groups -OCH3 is 1. The van der Waals surface area contributed by atoms with Gasteiger partial charge >= 0.3 is 0 Å². The third-order valence-electron chi connectivity index (χ3n) is 3.60. The van der Waals surface area contributed by atoms with Crippen LogP contribution >= 0.6 is 0 Å². The minimum absolute atomic E-state index is 0.160. The Kier molecular flexibility index (Phi) is 3.86. The van der Waals surface area contributed by atoms with Crippen molar-refractivity contribution in [3.63, 3.8) is 0 Å². The van der Waals surface area contributed by atoms with Crippen LogP contribution in [0.15, 0.2) is 11.1 Å². The van der Waals surface area contributed by atoms with E-state index >= 15 is 0 Å². The van der Waals surface area contributed by atoms with Gasteiger partial charge in [-0.25, -0.2) is 4.98 Å². The van der Waals surface area contributed by atoms with Crippen molar-refractivity contribution in [1.82, 2.24) is 9.97 Å². The highest BCUT2D eigenvalue weighted by Crippen LogP contribution is 2.31. The molecule has 1 aliphatic rings. The number of H-pyrrole nitrogens is 1. The highest BCUT2D eigenvalue weighted by Gasteiger charge is 2.31. The van der Waals surface area contributed by atoms with Gasteiger partial charge in [0.05, 0.1) is 19.0 Å². The van der Waals surface area contributed by atoms with Crippen molar-refractivity contribution in [2.45, 2.75) is 37.6 Å². The molecule has 1 aromatic heterocycles. The van der Waals surface area contributed by atoms with E-state index in [4.69, 9.17) is 10.5 Å². The van der Waals surface area contributed by atoms with Crippen LogP contribution in [0.5, 0.6) is 5.75 Å². The standard InChI is InChI=1S/C12H20N4O2/c1-18-9-10(14-8-15-11(9)17)16-12(7-13)5-3-2-4-6-12/h8H,2-7,13H2,1H3,(H2,14,15,16,17). The Morgan fingerprint density at radius 2 is 2.22 bits per heavy atom. The first-order valence-corrected chi connectivity index (χ1v) is 6.31. The maximum atomic E-state index is 11.6. The van der Waals surface area contributed by atoms with Crippen molar-refractivity contribution >= 4 is 5.82 Å². The number of nitrogens with two attached hydrogens (primary N) is 1. The lowest BCUT2D eigenvalue weighted by Gasteiger charge is -2.37. The van der Waals surface area contributed by atoms with E-state index in [0.717, 1.165) is 25.7 Å². The lowest BCUT2D eigenvalue weighted by molar-refractivity contribution is 0.327. The first-order chi connectivity index (χ1) is 8.71. The fraction of sp³-hybridized carbons (Fsp3) is 0.667. The van der Waals surface area contributed by atoms with Gasteiger partial charge in [0.15, 0.2) is 5.82 Å². The summed E-state index contributed by atoms with van der Waals surface area (Å²) in [5.41, 5.74) is 5.46. The predicted molar refractivity (Wildman–Crippen MR) is 69.9 cm³/mol. The Morgan fingerprint density at radius 1 is 1.50 bits per heavy atom. The molecule has 1 aromatic rings. The van der Waals surface area contributed by atoms with Gasteiger partial charge in [0, 0.05) is 6.54 Å². The summed E-state index contributed by atoms with van der Waals surface area (Å²) in [6, 6.07) is 0. The number of ether oxygens (including phenoxy) is 1. The summed E-state index contributed by atoms with van der Waals surface area (Å²) in [7, 11) is 1.47. The van der Waals surface area contributed by atoms with Gasteiger partial charge in [0.1, 0.15) is 0 Å². The summed E-state index contributed by atoms with van der Waals surface area (Å²) in [4.78, 5) is 18.3. The van der Waals surface area contributed by atoms with Crippen LogP contribution < -0.4 is 21.3 Å². The van der Waals surface area contributed by atoms with Crippen molar-refractivity contribution in [3.05, 3.63) is 16.7 Å². The fourth-order valence-electron chi connectivity index (χ4n) is 2.53. The second kappa shape index (κ2) is 5.39. The number of hydrogen-bond donors (Lipinski definition) is 3. The first-order valence-electron chi connectivity index (χ1n) is 6.31. The molecule has 0 spiro atoms. The van der Waals surface area contributed by atoms with Crippen LogP contribution in [0.3, 0.4) is 0 Å². The topological polar surface area (TPSA) is 93.0 Å². The monoisotopic (exact) mass is 252 g/mol. The van der Waals surface area contributed by atoms with Gasteiger partial charge in [-0.2, -0.15) is 0 Å². The molecule has 0 saturated heterocycles. The summed E-state index contributed by atoms with van der Waals surface area (Å²) in [6.45, 7) is 0.532. The molecule has 4 N–H and O–H groups in total. The summed E-state index contributed by atoms with van der Waals surface area (Å²) >= 11 is 0. The molecule has 18 heavy (non-hydrogen) atoms. The Bertz CT molecular complexity index is 452. The average molecular weight is 252 g/mol. The average Bonchev–Trinajstić information content (AvgIpc) is 2.40. The van der Waals surface area contributed by atoms with Gasteiger partial charge in [-0.1, -0.05) is 19.3 Å². The van der Waals surface area contributed by atoms with Crippen LogP contribution in [0.1, 0.15) is 32.1 Å². The van der Waals surface area contributed by atoms with Gasteiger partial charge in [0.2, 0.25) is 5.75 Å². The number of nitrogens with zero attached hydrogens (tertiary/aromatic N) is 1. The minimum atomic E-state index is -0.280. The first kappa shape index (κ1) is 12.9. The van der Waals surface area contributed by atoms with Crippen LogP contribution in [0, 0.1) is 0 Å². The van der Waals surface area contributed by atoms with Gasteiger partial charge in [-0.05, 0) is 12.8 Å². The van der Waals surface area contributed by atoms with E-state index in [9.17, 15) is 4.79 Å². The Hall–Kier alpha value is -1.56. The molecule has 1 fully saturated rings. The Labute approximate surface area is 106 Å². The zero-order chi connectivity index (χ0) is 13.0. The molecule has 6 nitrogen and oxygen atoms in total. The Morgan fingerprint density at radius 3 is 2.83 bits per heavy atom. The molecule has 0 unspecified atom stereocenters. The van der Waals surface area contributed by atoms with E-state index in [-0.39, 0.29) is 16.8 Å². The largest absolute Gasteiger partial charge is 0.489 e. The van der Waals surface area contributed by atoms with Gasteiger partial charge in [0.25, 0.3) is 5.56 Å². The number of aromatic amines is 1. The summed E-state index contributed by atoms with van der Waals surface area (Å²) in [5, 5.41) is 3.32. The summed E-state index contributed by atoms with van der Waals surface area (Å²) in [6.07, 6.45) is 6.91. The SMILES string of the molecule is COc1c(NC2(CN)CCCCC2)nc[nH]c1=O. The molecule has 6 heteroatoms. The van der Waals surface area contributed by atoms with Crippen LogP contribution in [0.4, 0.5) is 5.82 Å². The predicted octanol–water partition coefficient (Wildman–Crippen LogP) is 0.852. The lowest BCUT2D eigenvalue weighted by Crippen LogP contribution is -2.47. The van der Waals surface area contributed by atoms with Crippen LogP contribution in [-0.2, 0) is 0 Å². The molecule has 0 amide bonds. The number of aromatic nitrogens is 2. The molecule has 1 aliphatic carbocycles. The second-order valence-corrected chi connectivity index (χ2v) is 4.78. The van der Waals surface area contributed by atoms with Crippen LogP contribution in [0.2, 0.25) is 0 Å². The molecular weight excluding hydrogens is 232 g/mol. The van der Waals surface area contributed by atoms with Crippen molar-refractivity contribution in [3.8, 4) is 5.75 Å². The van der Waals surface area contributed by atoms with Gasteiger partial charge < -0.3 is 20.8 Å². The maximum absolute atomic E-state index is 11.6. The number of nitrogens with one attached hydrogen (secondary N) is 2. The van der Waals surface area contributed by atoms with E-state index < -0.39 is 0 Å². The molecule has 0 aromatic carbocycles. The molecular formula is C12H20N4O2. The molecule has 0 radical (unpaired) electrons. The van der Waals surface area contributed by atoms with E-state index in [1.807, 2.05) is 0 Å². The summed E-state index contributed by atoms with van der Waals surface area (Å²) in [5.74, 6) is 0.699. The normalized spacial score (nSPS) is 18.3. The van der Waals surface area contributed by atoms with Crippen LogP contribution in [-0.4, -0.2) is 29.2 Å². The molecule has 0 aliphatic heterocycles. The highest BCUT2D eigenvalue weighted by molar-refractivity contribution is 5.50. The summed E-state index contributed by atoms with van der Waals surface area (Å²) < 4.78 is 5.10. The number of hydrogen-bond acceptors (Lipinski definition) is 5. The quantitative estimate of drug-likeness (QED) is 0.738. The highest BCUT2D eigenvalue weighted by atomic mass is 16.5. The third kappa shape index (κ3) is 2.48. The number of anilines is 1. The van der Waals surface area contributed by atoms with E-state index in [2.05, 4.69) is 15.3 Å². The molecule has 1 heterocycles.